The van der Waals surface area contributed by atoms with Crippen molar-refractivity contribution in [2.24, 2.45) is 0 Å². The summed E-state index contributed by atoms with van der Waals surface area (Å²) >= 11 is 0. The second-order valence-corrected chi connectivity index (χ2v) is 21.0. The zero-order valence-corrected chi connectivity index (χ0v) is 47.1. The Labute approximate surface area is 435 Å². The molecule has 0 heterocycles. The molecule has 0 amide bonds. The minimum Gasteiger partial charge on any atom is -0.462 e. The Morgan fingerprint density at radius 2 is 0.557 bits per heavy atom. The maximum Gasteiger partial charge on any atom is 0.306 e. The molecule has 0 aliphatic heterocycles. The summed E-state index contributed by atoms with van der Waals surface area (Å²) in [6, 6.07) is 0. The molecule has 0 spiro atoms. The number of ether oxygens (including phenoxy) is 3. The summed E-state index contributed by atoms with van der Waals surface area (Å²) in [6.45, 7) is 6.52. The molecule has 70 heavy (non-hydrogen) atoms. The van der Waals surface area contributed by atoms with Crippen molar-refractivity contribution in [1.29, 1.82) is 0 Å². The zero-order valence-electron chi connectivity index (χ0n) is 47.1. The highest BCUT2D eigenvalue weighted by molar-refractivity contribution is 5.71. The molecule has 1 atom stereocenters. The van der Waals surface area contributed by atoms with E-state index >= 15 is 0 Å². The second-order valence-electron chi connectivity index (χ2n) is 21.0. The van der Waals surface area contributed by atoms with Crippen LogP contribution in [0.5, 0.6) is 0 Å². The van der Waals surface area contributed by atoms with Gasteiger partial charge < -0.3 is 14.2 Å². The number of rotatable bonds is 57. The summed E-state index contributed by atoms with van der Waals surface area (Å²) in [5, 5.41) is 0. The van der Waals surface area contributed by atoms with Crippen molar-refractivity contribution in [3.63, 3.8) is 0 Å². The third-order valence-electron chi connectivity index (χ3n) is 13.9. The molecular weight excluding hydrogens is 865 g/mol. The van der Waals surface area contributed by atoms with E-state index in [0.717, 1.165) is 83.5 Å². The van der Waals surface area contributed by atoms with Gasteiger partial charge in [0.2, 0.25) is 0 Å². The van der Waals surface area contributed by atoms with Crippen molar-refractivity contribution in [2.75, 3.05) is 13.2 Å². The van der Waals surface area contributed by atoms with Crippen LogP contribution in [-0.2, 0) is 28.6 Å². The molecule has 0 aliphatic carbocycles. The van der Waals surface area contributed by atoms with E-state index in [0.29, 0.717) is 19.3 Å². The first kappa shape index (κ1) is 67.6. The predicted molar refractivity (Wildman–Crippen MR) is 302 cm³/mol. The van der Waals surface area contributed by atoms with Crippen molar-refractivity contribution in [2.45, 2.75) is 341 Å². The number of hydrogen-bond acceptors (Lipinski definition) is 6. The number of esters is 3. The van der Waals surface area contributed by atoms with E-state index < -0.39 is 6.10 Å². The first-order chi connectivity index (χ1) is 34.5. The Morgan fingerprint density at radius 1 is 0.300 bits per heavy atom. The van der Waals surface area contributed by atoms with Gasteiger partial charge in [-0.05, 0) is 51.4 Å². The Bertz CT molecular complexity index is 1170. The molecule has 0 aliphatic rings. The summed E-state index contributed by atoms with van der Waals surface area (Å²) in [5.74, 6) is -0.896. The number of carbonyl (C=O) groups excluding carboxylic acids is 3. The van der Waals surface area contributed by atoms with Crippen LogP contribution in [0.25, 0.3) is 0 Å². The zero-order chi connectivity index (χ0) is 50.7. The second kappa shape index (κ2) is 59.2. The summed E-state index contributed by atoms with van der Waals surface area (Å²) in [4.78, 5) is 38.0. The fourth-order valence-corrected chi connectivity index (χ4v) is 9.28. The minimum atomic E-state index is -0.782. The molecule has 0 aromatic rings. The molecule has 0 bridgehead atoms. The smallest absolute Gasteiger partial charge is 0.306 e. The highest BCUT2D eigenvalue weighted by Gasteiger charge is 2.19. The molecule has 6 nitrogen and oxygen atoms in total. The standard InChI is InChI=1S/C64H118O6/c1-4-7-10-13-16-19-21-23-24-25-26-27-28-29-30-31-32-33-34-35-36-37-38-39-41-42-45-48-51-54-57-63(66)69-60-61(59-68-62(65)56-53-50-47-44-18-15-12-9-6-3)70-64(67)58-55-52-49-46-43-40-22-20-17-14-11-8-5-2/h8,11,17,20,40,43,61H,4-7,9-10,12-16,18-19,21-39,41-42,44-60H2,1-3H3/b11-8-,20-17-,43-40-. The van der Waals surface area contributed by atoms with Gasteiger partial charge in [0.05, 0.1) is 0 Å². The maximum absolute atomic E-state index is 12.8. The molecule has 1 unspecified atom stereocenters. The lowest BCUT2D eigenvalue weighted by atomic mass is 10.0. The third kappa shape index (κ3) is 56.5. The lowest BCUT2D eigenvalue weighted by Crippen LogP contribution is -2.30. The van der Waals surface area contributed by atoms with Gasteiger partial charge in [0, 0.05) is 19.3 Å². The first-order valence-corrected chi connectivity index (χ1v) is 31.0. The van der Waals surface area contributed by atoms with Crippen LogP contribution in [-0.4, -0.2) is 37.2 Å². The van der Waals surface area contributed by atoms with Crippen LogP contribution in [0.3, 0.4) is 0 Å². The number of allylic oxidation sites excluding steroid dienone is 6. The molecular formula is C64H118O6. The molecule has 0 rings (SSSR count). The van der Waals surface area contributed by atoms with Gasteiger partial charge in [-0.1, -0.05) is 301 Å². The van der Waals surface area contributed by atoms with E-state index in [-0.39, 0.29) is 31.1 Å². The summed E-state index contributed by atoms with van der Waals surface area (Å²) in [6.07, 6.45) is 71.9. The summed E-state index contributed by atoms with van der Waals surface area (Å²) < 4.78 is 16.8. The van der Waals surface area contributed by atoms with Crippen molar-refractivity contribution >= 4 is 17.9 Å². The van der Waals surface area contributed by atoms with Crippen LogP contribution in [0, 0.1) is 0 Å². The van der Waals surface area contributed by atoms with Crippen LogP contribution in [0.4, 0.5) is 0 Å². The maximum atomic E-state index is 12.8. The van der Waals surface area contributed by atoms with Gasteiger partial charge in [-0.25, -0.2) is 0 Å². The average molecular weight is 984 g/mol. The van der Waals surface area contributed by atoms with Crippen molar-refractivity contribution < 1.29 is 28.6 Å². The van der Waals surface area contributed by atoms with Gasteiger partial charge in [-0.3, -0.25) is 14.4 Å². The topological polar surface area (TPSA) is 78.9 Å². The lowest BCUT2D eigenvalue weighted by Gasteiger charge is -2.18. The first-order valence-electron chi connectivity index (χ1n) is 31.0. The molecule has 6 heteroatoms. The van der Waals surface area contributed by atoms with E-state index in [4.69, 9.17) is 14.2 Å². The predicted octanol–water partition coefficient (Wildman–Crippen LogP) is 20.8. The highest BCUT2D eigenvalue weighted by atomic mass is 16.6. The van der Waals surface area contributed by atoms with Crippen molar-refractivity contribution in [1.82, 2.24) is 0 Å². The fourth-order valence-electron chi connectivity index (χ4n) is 9.28. The van der Waals surface area contributed by atoms with Crippen LogP contribution in [0.15, 0.2) is 36.5 Å². The molecule has 0 aromatic carbocycles. The number of carbonyl (C=O) groups is 3. The molecule has 0 aromatic heterocycles. The van der Waals surface area contributed by atoms with E-state index in [1.54, 1.807) is 0 Å². The quantitative estimate of drug-likeness (QED) is 0.0261. The van der Waals surface area contributed by atoms with E-state index in [1.807, 2.05) is 0 Å². The molecule has 0 fully saturated rings. The average Bonchev–Trinajstić information content (AvgIpc) is 3.36. The molecule has 0 saturated heterocycles. The molecule has 0 saturated carbocycles. The van der Waals surface area contributed by atoms with E-state index in [9.17, 15) is 14.4 Å². The Balaban J connectivity index is 4.03. The monoisotopic (exact) mass is 983 g/mol. The Morgan fingerprint density at radius 3 is 0.871 bits per heavy atom. The molecule has 410 valence electrons. The normalized spacial score (nSPS) is 12.2. The molecule has 0 N–H and O–H groups in total. The van der Waals surface area contributed by atoms with Crippen molar-refractivity contribution in [3.8, 4) is 0 Å². The van der Waals surface area contributed by atoms with Gasteiger partial charge >= 0.3 is 17.9 Å². The van der Waals surface area contributed by atoms with Gasteiger partial charge in [0.1, 0.15) is 13.2 Å². The summed E-state index contributed by atoms with van der Waals surface area (Å²) in [7, 11) is 0. The van der Waals surface area contributed by atoms with Gasteiger partial charge in [0.25, 0.3) is 0 Å². The van der Waals surface area contributed by atoms with Crippen LogP contribution < -0.4 is 0 Å². The molecule has 0 radical (unpaired) electrons. The largest absolute Gasteiger partial charge is 0.462 e. The Kier molecular flexibility index (Phi) is 57.2. The number of unbranched alkanes of at least 4 members (excludes halogenated alkanes) is 40. The third-order valence-corrected chi connectivity index (χ3v) is 13.9. The van der Waals surface area contributed by atoms with Gasteiger partial charge in [-0.2, -0.15) is 0 Å². The van der Waals surface area contributed by atoms with Crippen molar-refractivity contribution in [3.05, 3.63) is 36.5 Å². The lowest BCUT2D eigenvalue weighted by molar-refractivity contribution is -0.167. The van der Waals surface area contributed by atoms with Gasteiger partial charge in [-0.15, -0.1) is 0 Å². The Hall–Kier alpha value is -2.37. The minimum absolute atomic E-state index is 0.0798. The highest BCUT2D eigenvalue weighted by Crippen LogP contribution is 2.18. The van der Waals surface area contributed by atoms with Crippen LogP contribution >= 0.6 is 0 Å². The fraction of sp³-hybridized carbons (Fsp3) is 0.859. The van der Waals surface area contributed by atoms with Crippen LogP contribution in [0.2, 0.25) is 0 Å². The number of hydrogen-bond donors (Lipinski definition) is 0. The van der Waals surface area contributed by atoms with E-state index in [1.165, 1.54) is 212 Å². The summed E-state index contributed by atoms with van der Waals surface area (Å²) in [5.41, 5.74) is 0. The van der Waals surface area contributed by atoms with Crippen LogP contribution in [0.1, 0.15) is 335 Å². The SMILES string of the molecule is CC/C=C\C/C=C\C/C=C\CCCCCC(=O)OC(COC(=O)CCCCCCCCCCC)COC(=O)CCCCCCCCCCCCCCCCCCCCCCCCCCCCCCCC. The van der Waals surface area contributed by atoms with E-state index in [2.05, 4.69) is 57.2 Å². The van der Waals surface area contributed by atoms with Gasteiger partial charge in [0.15, 0.2) is 6.10 Å².